The molecule has 0 radical (unpaired) electrons. The average molecular weight is 293 g/mol. The summed E-state index contributed by atoms with van der Waals surface area (Å²) in [6.07, 6.45) is 0.472. The topological polar surface area (TPSA) is 70.4 Å². The van der Waals surface area contributed by atoms with Crippen molar-refractivity contribution in [1.82, 2.24) is 4.98 Å². The summed E-state index contributed by atoms with van der Waals surface area (Å²) in [4.78, 5) is 15.3. The van der Waals surface area contributed by atoms with Gasteiger partial charge in [-0.1, -0.05) is 37.3 Å². The molecule has 1 aromatic carbocycles. The number of carboxylic acid groups (broad SMARTS) is 1. The molecule has 0 saturated heterocycles. The van der Waals surface area contributed by atoms with Crippen LogP contribution in [0.5, 0.6) is 5.75 Å². The fourth-order valence-electron chi connectivity index (χ4n) is 2.40. The fourth-order valence-corrected chi connectivity index (χ4v) is 2.40. The third-order valence-corrected chi connectivity index (χ3v) is 3.60. The molecule has 22 heavy (non-hydrogen) atoms. The van der Waals surface area contributed by atoms with Gasteiger partial charge in [0.25, 0.3) is 0 Å². The lowest BCUT2D eigenvalue weighted by atomic mass is 10.1. The van der Waals surface area contributed by atoms with Gasteiger partial charge >= 0.3 is 5.97 Å². The number of fused-ring (bicyclic) bond motifs is 2. The van der Waals surface area contributed by atoms with Crippen molar-refractivity contribution in [3.05, 3.63) is 59.8 Å². The highest BCUT2D eigenvalue weighted by Gasteiger charge is 2.18. The summed E-state index contributed by atoms with van der Waals surface area (Å²) in [5.41, 5.74) is 3.77. The van der Waals surface area contributed by atoms with E-state index in [4.69, 9.17) is 5.11 Å². The Labute approximate surface area is 127 Å². The summed E-state index contributed by atoms with van der Waals surface area (Å²) in [6, 6.07) is 15.4. The highest BCUT2D eigenvalue weighted by molar-refractivity contribution is 5.99. The van der Waals surface area contributed by atoms with Crippen LogP contribution in [0.3, 0.4) is 0 Å². The van der Waals surface area contributed by atoms with Crippen molar-refractivity contribution in [3.63, 3.8) is 0 Å². The number of carbonyl (C=O) groups is 1. The number of aromatic hydroxyl groups is 1. The van der Waals surface area contributed by atoms with Gasteiger partial charge in [0, 0.05) is 5.39 Å². The lowest BCUT2D eigenvalue weighted by molar-refractivity contribution is 0.0692. The zero-order chi connectivity index (χ0) is 15.7. The molecule has 0 aliphatic heterocycles. The third kappa shape index (κ3) is 2.51. The van der Waals surface area contributed by atoms with Crippen molar-refractivity contribution < 1.29 is 15.0 Å². The molecule has 0 fully saturated rings. The average Bonchev–Trinajstić information content (AvgIpc) is 3.13. The number of para-hydroxylation sites is 1. The van der Waals surface area contributed by atoms with Crippen LogP contribution in [0, 0.1) is 0 Å². The lowest BCUT2D eigenvalue weighted by Gasteiger charge is -2.08. The quantitative estimate of drug-likeness (QED) is 0.588. The van der Waals surface area contributed by atoms with Crippen LogP contribution in [0.1, 0.15) is 23.0 Å². The Balaban J connectivity index is 0.000000196. The predicted octanol–water partition coefficient (Wildman–Crippen LogP) is 3.87. The molecule has 4 nitrogen and oxygen atoms in total. The summed E-state index contributed by atoms with van der Waals surface area (Å²) < 4.78 is 0. The van der Waals surface area contributed by atoms with Gasteiger partial charge < -0.3 is 10.2 Å². The molecule has 0 bridgehead atoms. The van der Waals surface area contributed by atoms with E-state index in [1.807, 2.05) is 6.92 Å². The Morgan fingerprint density at radius 2 is 1.77 bits per heavy atom. The van der Waals surface area contributed by atoms with E-state index < -0.39 is 5.97 Å². The van der Waals surface area contributed by atoms with E-state index >= 15 is 0 Å². The number of hydrogen-bond acceptors (Lipinski definition) is 3. The smallest absolute Gasteiger partial charge is 0.341 e. The molecule has 4 heteroatoms. The second kappa shape index (κ2) is 5.48. The maximum absolute atomic E-state index is 11.0. The van der Waals surface area contributed by atoms with E-state index in [1.54, 1.807) is 24.3 Å². The summed E-state index contributed by atoms with van der Waals surface area (Å²) >= 11 is 0. The number of aryl methyl sites for hydroxylation is 1. The first-order valence-corrected chi connectivity index (χ1v) is 7.06. The molecular weight excluding hydrogens is 278 g/mol. The summed E-state index contributed by atoms with van der Waals surface area (Å²) in [7, 11) is 0. The van der Waals surface area contributed by atoms with Crippen molar-refractivity contribution in [2.24, 2.45) is 0 Å². The first-order chi connectivity index (χ1) is 10.6. The Hall–Kier alpha value is -2.88. The van der Waals surface area contributed by atoms with Crippen LogP contribution in [0.4, 0.5) is 0 Å². The van der Waals surface area contributed by atoms with Crippen molar-refractivity contribution >= 4 is 16.9 Å². The Morgan fingerprint density at radius 3 is 2.27 bits per heavy atom. The minimum Gasteiger partial charge on any atom is -0.506 e. The molecule has 2 N–H and O–H groups in total. The highest BCUT2D eigenvalue weighted by Crippen LogP contribution is 2.32. The number of nitrogens with zero attached hydrogens (tertiary/aromatic N) is 1. The van der Waals surface area contributed by atoms with Gasteiger partial charge in [-0.2, -0.15) is 0 Å². The van der Waals surface area contributed by atoms with Gasteiger partial charge in [-0.15, -0.1) is 0 Å². The molecule has 0 spiro atoms. The van der Waals surface area contributed by atoms with Crippen LogP contribution < -0.4 is 0 Å². The fraction of sp³-hybridized carbons (Fsp3) is 0.111. The number of carboxylic acids is 1. The molecule has 110 valence electrons. The van der Waals surface area contributed by atoms with Crippen LogP contribution in [0.15, 0.2) is 48.5 Å². The number of hydrogen-bond donors (Lipinski definition) is 2. The maximum atomic E-state index is 11.0. The molecule has 4 rings (SSSR count). The van der Waals surface area contributed by atoms with Gasteiger partial charge in [0.2, 0.25) is 0 Å². The predicted molar refractivity (Wildman–Crippen MR) is 85.2 cm³/mol. The summed E-state index contributed by atoms with van der Waals surface area (Å²) in [5, 5.41) is 19.4. The molecule has 1 heterocycles. The molecule has 1 aromatic heterocycles. The summed E-state index contributed by atoms with van der Waals surface area (Å²) in [6.45, 7) is 1.81. The normalized spacial score (nSPS) is 10.8. The number of rotatable bonds is 2. The van der Waals surface area contributed by atoms with Gasteiger partial charge in [-0.3, -0.25) is 4.98 Å². The SMILES string of the molecule is CCc1nc2ccccc2c(O)c1C(=O)O.c1cc2cc-2c1. The molecular formula is C18H15NO3. The number of pyridine rings is 1. The monoisotopic (exact) mass is 293 g/mol. The second-order valence-corrected chi connectivity index (χ2v) is 5.04. The molecule has 2 aliphatic rings. The molecule has 0 atom stereocenters. The maximum Gasteiger partial charge on any atom is 0.341 e. The number of aromatic nitrogens is 1. The van der Waals surface area contributed by atoms with E-state index in [2.05, 4.69) is 29.2 Å². The van der Waals surface area contributed by atoms with E-state index in [0.29, 0.717) is 23.0 Å². The van der Waals surface area contributed by atoms with Gasteiger partial charge in [0.05, 0.1) is 11.2 Å². The van der Waals surface area contributed by atoms with Crippen LogP contribution in [-0.2, 0) is 6.42 Å². The zero-order valence-electron chi connectivity index (χ0n) is 12.1. The van der Waals surface area contributed by atoms with Crippen molar-refractivity contribution in [2.45, 2.75) is 13.3 Å². The minimum absolute atomic E-state index is 0.0961. The van der Waals surface area contributed by atoms with Crippen molar-refractivity contribution in [3.8, 4) is 16.9 Å². The Kier molecular flexibility index (Phi) is 3.51. The van der Waals surface area contributed by atoms with Crippen LogP contribution in [-0.4, -0.2) is 21.2 Å². The summed E-state index contributed by atoms with van der Waals surface area (Å²) in [5.74, 6) is -1.34. The van der Waals surface area contributed by atoms with Crippen LogP contribution >= 0.6 is 0 Å². The zero-order valence-corrected chi connectivity index (χ0v) is 12.1. The van der Waals surface area contributed by atoms with Crippen molar-refractivity contribution in [2.75, 3.05) is 0 Å². The lowest BCUT2D eigenvalue weighted by Crippen LogP contribution is -2.05. The first-order valence-electron chi connectivity index (χ1n) is 7.06. The van der Waals surface area contributed by atoms with Crippen molar-refractivity contribution in [1.29, 1.82) is 0 Å². The molecule has 0 unspecified atom stereocenters. The van der Waals surface area contributed by atoms with Crippen LogP contribution in [0.25, 0.3) is 22.0 Å². The Morgan fingerprint density at radius 1 is 1.09 bits per heavy atom. The standard InChI is InChI=1S/C12H11NO3.C6H4/c1-2-8-10(12(15)16)11(14)7-5-3-4-6-9(7)13-8;1-2-5-4-6(5)3-1/h3-6H,2H2,1H3,(H,13,14)(H,15,16);1-4H. The molecule has 2 aliphatic carbocycles. The van der Waals surface area contributed by atoms with Gasteiger partial charge in [0.15, 0.2) is 0 Å². The van der Waals surface area contributed by atoms with E-state index in [-0.39, 0.29) is 11.3 Å². The number of aromatic carboxylic acids is 1. The van der Waals surface area contributed by atoms with E-state index in [0.717, 1.165) is 0 Å². The largest absolute Gasteiger partial charge is 0.506 e. The second-order valence-electron chi connectivity index (χ2n) is 5.04. The Bertz CT molecular complexity index is 854. The van der Waals surface area contributed by atoms with E-state index in [1.165, 1.54) is 11.1 Å². The first kappa shape index (κ1) is 14.1. The molecule has 0 saturated carbocycles. The minimum atomic E-state index is -1.15. The van der Waals surface area contributed by atoms with Crippen LogP contribution in [0.2, 0.25) is 0 Å². The molecule has 2 aromatic rings. The van der Waals surface area contributed by atoms with Gasteiger partial charge in [0.1, 0.15) is 11.3 Å². The molecule has 0 amide bonds. The van der Waals surface area contributed by atoms with E-state index in [9.17, 15) is 9.90 Å². The van der Waals surface area contributed by atoms with Gasteiger partial charge in [-0.25, -0.2) is 4.79 Å². The third-order valence-electron chi connectivity index (χ3n) is 3.60. The number of benzene rings is 2. The highest BCUT2D eigenvalue weighted by atomic mass is 16.4. The van der Waals surface area contributed by atoms with Gasteiger partial charge in [-0.05, 0) is 35.7 Å².